The summed E-state index contributed by atoms with van der Waals surface area (Å²) in [6.07, 6.45) is 5.89. The maximum atomic E-state index is 6.73. The zero-order valence-corrected chi connectivity index (χ0v) is 30.1. The monoisotopic (exact) mass is 666 g/mol. The Morgan fingerprint density at radius 3 is 1.98 bits per heavy atom. The van der Waals surface area contributed by atoms with Crippen molar-refractivity contribution < 1.29 is 4.74 Å². The maximum absolute atomic E-state index is 6.73. The van der Waals surface area contributed by atoms with E-state index >= 15 is 0 Å². The second kappa shape index (κ2) is 12.4. The lowest BCUT2D eigenvalue weighted by Crippen LogP contribution is -2.12. The largest absolute Gasteiger partial charge is 0.457 e. The molecule has 0 bridgehead atoms. The van der Waals surface area contributed by atoms with Gasteiger partial charge in [-0.05, 0) is 75.5 Å². The molecule has 8 aromatic rings. The summed E-state index contributed by atoms with van der Waals surface area (Å²) < 4.78 is 11.1. The molecule has 0 aliphatic rings. The SMILES string of the molecule is CC(C)(C)c1cc(Oc2ccc3c4ccccc4n(-c4cc(C(C)(C)C)ccn4)c3c2)cc(-n2cnc(-c3ccc(-c4ccccc4)cc3)c2)c1. The highest BCUT2D eigenvalue weighted by atomic mass is 16.5. The molecular formula is C46H42N4O. The minimum absolute atomic E-state index is 0.00347. The van der Waals surface area contributed by atoms with E-state index in [1.165, 1.54) is 27.6 Å². The van der Waals surface area contributed by atoms with Crippen LogP contribution in [0.15, 0.2) is 146 Å². The molecule has 8 rings (SSSR count). The van der Waals surface area contributed by atoms with E-state index < -0.39 is 0 Å². The summed E-state index contributed by atoms with van der Waals surface area (Å²) >= 11 is 0. The van der Waals surface area contributed by atoms with Crippen molar-refractivity contribution in [3.63, 3.8) is 0 Å². The van der Waals surface area contributed by atoms with Crippen molar-refractivity contribution >= 4 is 21.8 Å². The summed E-state index contributed by atoms with van der Waals surface area (Å²) in [5.74, 6) is 2.43. The van der Waals surface area contributed by atoms with Gasteiger partial charge in [0.1, 0.15) is 17.3 Å². The van der Waals surface area contributed by atoms with Crippen molar-refractivity contribution in [3.05, 3.63) is 157 Å². The summed E-state index contributed by atoms with van der Waals surface area (Å²) in [6.45, 7) is 13.4. The fourth-order valence-electron chi connectivity index (χ4n) is 6.71. The highest BCUT2D eigenvalue weighted by Gasteiger charge is 2.20. The van der Waals surface area contributed by atoms with E-state index in [0.717, 1.165) is 50.7 Å². The van der Waals surface area contributed by atoms with E-state index in [1.807, 2.05) is 18.6 Å². The molecule has 0 saturated heterocycles. The number of pyridine rings is 1. The Kier molecular flexibility index (Phi) is 7.87. The zero-order chi connectivity index (χ0) is 35.3. The van der Waals surface area contributed by atoms with E-state index in [4.69, 9.17) is 14.7 Å². The Morgan fingerprint density at radius 1 is 0.529 bits per heavy atom. The van der Waals surface area contributed by atoms with Gasteiger partial charge in [0.25, 0.3) is 0 Å². The molecule has 5 aromatic carbocycles. The van der Waals surface area contributed by atoms with Crippen molar-refractivity contribution in [2.75, 3.05) is 0 Å². The molecule has 3 aromatic heterocycles. The number of fused-ring (bicyclic) bond motifs is 3. The Morgan fingerprint density at radius 2 is 1.22 bits per heavy atom. The molecule has 0 atom stereocenters. The Balaban J connectivity index is 1.16. The minimum Gasteiger partial charge on any atom is -0.457 e. The van der Waals surface area contributed by atoms with Crippen molar-refractivity contribution in [2.24, 2.45) is 0 Å². The van der Waals surface area contributed by atoms with Gasteiger partial charge >= 0.3 is 0 Å². The van der Waals surface area contributed by atoms with Crippen LogP contribution in [-0.4, -0.2) is 19.1 Å². The van der Waals surface area contributed by atoms with Crippen LogP contribution in [0.5, 0.6) is 11.5 Å². The molecule has 51 heavy (non-hydrogen) atoms. The third-order valence-electron chi connectivity index (χ3n) is 9.65. The van der Waals surface area contributed by atoms with Gasteiger partial charge in [0.2, 0.25) is 0 Å². The standard InChI is InChI=1S/C46H42N4O/c1-45(2,3)34-22-23-47-44(26-34)50-42-15-11-10-14-39(42)40-21-20-37(28-43(40)50)51-38-25-35(46(4,5)6)24-36(27-38)49-29-41(48-30-49)33-18-16-32(17-19-33)31-12-8-7-9-13-31/h7-30H,1-6H3. The molecule has 0 unspecified atom stereocenters. The summed E-state index contributed by atoms with van der Waals surface area (Å²) in [6, 6.07) is 44.7. The third-order valence-corrected chi connectivity index (χ3v) is 9.65. The third kappa shape index (κ3) is 6.32. The fourth-order valence-corrected chi connectivity index (χ4v) is 6.71. The second-order valence-corrected chi connectivity index (χ2v) is 15.4. The lowest BCUT2D eigenvalue weighted by Gasteiger charge is -2.21. The van der Waals surface area contributed by atoms with Gasteiger partial charge in [0, 0.05) is 40.9 Å². The normalized spacial score (nSPS) is 12.1. The molecule has 3 heterocycles. The molecule has 0 amide bonds. The van der Waals surface area contributed by atoms with Crippen LogP contribution in [0.4, 0.5) is 0 Å². The molecule has 0 aliphatic carbocycles. The van der Waals surface area contributed by atoms with E-state index in [1.54, 1.807) is 0 Å². The molecule has 0 N–H and O–H groups in total. The molecule has 252 valence electrons. The van der Waals surface area contributed by atoms with Gasteiger partial charge in [0.15, 0.2) is 0 Å². The maximum Gasteiger partial charge on any atom is 0.137 e. The van der Waals surface area contributed by atoms with Crippen molar-refractivity contribution in [3.8, 4) is 45.4 Å². The van der Waals surface area contributed by atoms with Crippen LogP contribution in [0.3, 0.4) is 0 Å². The number of imidazole rings is 1. The van der Waals surface area contributed by atoms with Crippen LogP contribution in [0.1, 0.15) is 52.7 Å². The Hall–Kier alpha value is -5.94. The van der Waals surface area contributed by atoms with Crippen molar-refractivity contribution in [1.29, 1.82) is 0 Å². The van der Waals surface area contributed by atoms with Gasteiger partial charge in [-0.15, -0.1) is 0 Å². The zero-order valence-electron chi connectivity index (χ0n) is 30.1. The van der Waals surface area contributed by atoms with Gasteiger partial charge in [-0.1, -0.05) is 114 Å². The first-order chi connectivity index (χ1) is 24.5. The lowest BCUT2D eigenvalue weighted by atomic mass is 9.86. The van der Waals surface area contributed by atoms with Gasteiger partial charge in [-0.2, -0.15) is 0 Å². The number of benzene rings is 5. The van der Waals surface area contributed by atoms with Crippen LogP contribution >= 0.6 is 0 Å². The van der Waals surface area contributed by atoms with Crippen LogP contribution < -0.4 is 4.74 Å². The van der Waals surface area contributed by atoms with Gasteiger partial charge < -0.3 is 9.30 Å². The van der Waals surface area contributed by atoms with Gasteiger partial charge in [0.05, 0.1) is 28.7 Å². The summed E-state index contributed by atoms with van der Waals surface area (Å²) in [5.41, 5.74) is 9.87. The highest BCUT2D eigenvalue weighted by molar-refractivity contribution is 6.09. The van der Waals surface area contributed by atoms with Gasteiger partial charge in [-0.25, -0.2) is 9.97 Å². The highest BCUT2D eigenvalue weighted by Crippen LogP contribution is 2.37. The molecule has 0 spiro atoms. The molecule has 5 nitrogen and oxygen atoms in total. The summed E-state index contributed by atoms with van der Waals surface area (Å²) in [5, 5.41) is 2.34. The predicted octanol–water partition coefficient (Wildman–Crippen LogP) is 12.1. The van der Waals surface area contributed by atoms with Gasteiger partial charge in [-0.3, -0.25) is 4.57 Å². The number of para-hydroxylation sites is 1. The van der Waals surface area contributed by atoms with Crippen molar-refractivity contribution in [2.45, 2.75) is 52.4 Å². The van der Waals surface area contributed by atoms with Crippen LogP contribution in [-0.2, 0) is 10.8 Å². The van der Waals surface area contributed by atoms with Crippen molar-refractivity contribution in [1.82, 2.24) is 19.1 Å². The van der Waals surface area contributed by atoms with E-state index in [2.05, 4.69) is 178 Å². The molecule has 0 aliphatic heterocycles. The number of nitrogens with zero attached hydrogens (tertiary/aromatic N) is 4. The number of rotatable bonds is 6. The minimum atomic E-state index is -0.0923. The first-order valence-electron chi connectivity index (χ1n) is 17.6. The van der Waals surface area contributed by atoms with Crippen LogP contribution in [0.2, 0.25) is 0 Å². The quantitative estimate of drug-likeness (QED) is 0.177. The first-order valence-corrected chi connectivity index (χ1v) is 17.6. The molecule has 0 saturated carbocycles. The van der Waals surface area contributed by atoms with Crippen LogP contribution in [0, 0.1) is 0 Å². The van der Waals surface area contributed by atoms with E-state index in [9.17, 15) is 0 Å². The summed E-state index contributed by atoms with van der Waals surface area (Å²) in [4.78, 5) is 9.65. The molecule has 0 radical (unpaired) electrons. The number of hydrogen-bond donors (Lipinski definition) is 0. The lowest BCUT2D eigenvalue weighted by molar-refractivity contribution is 0.479. The van der Waals surface area contributed by atoms with Crippen LogP contribution in [0.25, 0.3) is 55.7 Å². The number of aromatic nitrogens is 4. The van der Waals surface area contributed by atoms with E-state index in [0.29, 0.717) is 0 Å². The number of ether oxygens (including phenoxy) is 1. The fraction of sp³-hybridized carbons (Fsp3) is 0.174. The second-order valence-electron chi connectivity index (χ2n) is 15.4. The predicted molar refractivity (Wildman–Crippen MR) is 210 cm³/mol. The summed E-state index contributed by atoms with van der Waals surface area (Å²) in [7, 11) is 0. The molecule has 5 heteroatoms. The average Bonchev–Trinajstić information content (AvgIpc) is 3.75. The molecular weight excluding hydrogens is 625 g/mol. The number of hydrogen-bond acceptors (Lipinski definition) is 3. The topological polar surface area (TPSA) is 44.9 Å². The Bertz CT molecular complexity index is 2510. The van der Waals surface area contributed by atoms with E-state index in [-0.39, 0.29) is 10.8 Å². The molecule has 0 fully saturated rings. The average molecular weight is 667 g/mol. The first kappa shape index (κ1) is 32.3. The Labute approximate surface area is 299 Å². The smallest absolute Gasteiger partial charge is 0.137 e.